The summed E-state index contributed by atoms with van der Waals surface area (Å²) >= 11 is 0. The number of aliphatic hydroxyl groups is 2. The fraction of sp³-hybridized carbons (Fsp3) is 0.727. The molecule has 30 heavy (non-hydrogen) atoms. The third-order valence-electron chi connectivity index (χ3n) is 8.38. The number of esters is 1. The average Bonchev–Trinajstić information content (AvgIpc) is 3.27. The summed E-state index contributed by atoms with van der Waals surface area (Å²) in [6.45, 7) is 3.62. The number of hydrogen-bond donors (Lipinski definition) is 2. The molecular formula is C22H28O8. The van der Waals surface area contributed by atoms with Crippen LogP contribution in [0.4, 0.5) is 0 Å². The Labute approximate surface area is 174 Å². The first-order valence-corrected chi connectivity index (χ1v) is 10.6. The van der Waals surface area contributed by atoms with Gasteiger partial charge in [0.25, 0.3) is 0 Å². The van der Waals surface area contributed by atoms with Crippen molar-refractivity contribution in [2.45, 2.75) is 63.6 Å². The van der Waals surface area contributed by atoms with Gasteiger partial charge in [0.05, 0.1) is 31.2 Å². The maximum atomic E-state index is 13.3. The van der Waals surface area contributed by atoms with Gasteiger partial charge in [0.2, 0.25) is 0 Å². The fourth-order valence-electron chi connectivity index (χ4n) is 6.84. The molecule has 2 aliphatic carbocycles. The Morgan fingerprint density at radius 1 is 1.37 bits per heavy atom. The third-order valence-corrected chi connectivity index (χ3v) is 8.38. The second-order valence-electron chi connectivity index (χ2n) is 9.43. The number of aliphatic hydroxyl groups excluding tert-OH is 2. The van der Waals surface area contributed by atoms with Gasteiger partial charge in [-0.15, -0.1) is 0 Å². The second kappa shape index (κ2) is 6.63. The summed E-state index contributed by atoms with van der Waals surface area (Å²) in [6.07, 6.45) is 2.42. The molecule has 5 rings (SSSR count). The predicted octanol–water partition coefficient (Wildman–Crippen LogP) is 1.74. The first kappa shape index (κ1) is 20.2. The summed E-state index contributed by atoms with van der Waals surface area (Å²) in [4.78, 5) is 25.2. The van der Waals surface area contributed by atoms with Gasteiger partial charge in [-0.3, -0.25) is 9.59 Å². The van der Waals surface area contributed by atoms with Crippen molar-refractivity contribution in [3.05, 3.63) is 24.2 Å². The van der Waals surface area contributed by atoms with Crippen LogP contribution in [-0.2, 0) is 23.8 Å². The van der Waals surface area contributed by atoms with Gasteiger partial charge < -0.3 is 28.8 Å². The quantitative estimate of drug-likeness (QED) is 0.559. The van der Waals surface area contributed by atoms with Gasteiger partial charge in [-0.05, 0) is 24.8 Å². The first-order chi connectivity index (χ1) is 14.3. The molecule has 0 radical (unpaired) electrons. The minimum absolute atomic E-state index is 0.0736. The number of Topliss-reactive ketones (excluding diaryl/α,β-unsaturated/α-hetero) is 1. The zero-order valence-corrected chi connectivity index (χ0v) is 17.2. The lowest BCUT2D eigenvalue weighted by atomic mass is 9.40. The molecule has 8 heteroatoms. The van der Waals surface area contributed by atoms with Gasteiger partial charge in [-0.25, -0.2) is 0 Å². The summed E-state index contributed by atoms with van der Waals surface area (Å²) in [7, 11) is 0. The van der Waals surface area contributed by atoms with Crippen LogP contribution >= 0.6 is 0 Å². The van der Waals surface area contributed by atoms with E-state index < -0.39 is 46.8 Å². The Hall–Kier alpha value is -1.74. The van der Waals surface area contributed by atoms with Crippen LogP contribution in [0.25, 0.3) is 0 Å². The molecule has 1 aromatic heterocycles. The molecule has 8 atom stereocenters. The molecule has 2 bridgehead atoms. The Morgan fingerprint density at radius 3 is 2.77 bits per heavy atom. The number of furan rings is 1. The van der Waals surface area contributed by atoms with E-state index >= 15 is 0 Å². The smallest absolute Gasteiger partial charge is 0.303 e. The summed E-state index contributed by atoms with van der Waals surface area (Å²) in [5.41, 5.74) is -1.86. The van der Waals surface area contributed by atoms with Gasteiger partial charge in [-0.2, -0.15) is 0 Å². The average molecular weight is 420 g/mol. The van der Waals surface area contributed by atoms with E-state index in [1.54, 1.807) is 13.0 Å². The van der Waals surface area contributed by atoms with Crippen molar-refractivity contribution < 1.29 is 38.4 Å². The molecule has 2 saturated heterocycles. The SMILES string of the molecule is CC(=O)O[C@@H](C[C@]12[C@H](O)OC[C@]3([C@@H]1CCC[C@]31CO1)[C@@H](O)C(=O)[C@H]2C)c1ccoc1. The molecule has 0 amide bonds. The van der Waals surface area contributed by atoms with Crippen molar-refractivity contribution >= 4 is 11.8 Å². The highest BCUT2D eigenvalue weighted by molar-refractivity contribution is 5.88. The Kier molecular flexibility index (Phi) is 4.46. The summed E-state index contributed by atoms with van der Waals surface area (Å²) in [6, 6.07) is 1.71. The van der Waals surface area contributed by atoms with E-state index in [1.165, 1.54) is 19.5 Å². The molecular weight excluding hydrogens is 392 g/mol. The van der Waals surface area contributed by atoms with Crippen molar-refractivity contribution in [2.75, 3.05) is 13.2 Å². The summed E-state index contributed by atoms with van der Waals surface area (Å²) in [5.74, 6) is -1.66. The zero-order chi connectivity index (χ0) is 21.3. The molecule has 164 valence electrons. The number of hydrogen-bond acceptors (Lipinski definition) is 8. The van der Waals surface area contributed by atoms with E-state index in [4.69, 9.17) is 18.6 Å². The number of ether oxygens (including phenoxy) is 3. The molecule has 4 aliphatic rings. The number of ketones is 1. The molecule has 8 nitrogen and oxygen atoms in total. The standard InChI is InChI=1S/C22H28O8/c1-12-17(24)18(25)22-11-28-19(26)21(12,16(22)4-3-6-20(22)10-29-20)8-15(30-13(2)23)14-5-7-27-9-14/h5,7,9,12,15-16,18-19,25-26H,3-4,6,8,10-11H2,1-2H3/t12-,15+,16-,18+,19-,20+,21-,22+/m1/s1. The lowest BCUT2D eigenvalue weighted by molar-refractivity contribution is -0.336. The normalized spacial score (nSPS) is 45.7. The van der Waals surface area contributed by atoms with E-state index in [-0.39, 0.29) is 24.7 Å². The second-order valence-corrected chi connectivity index (χ2v) is 9.43. The molecule has 0 unspecified atom stereocenters. The zero-order valence-electron chi connectivity index (χ0n) is 17.2. The monoisotopic (exact) mass is 420 g/mol. The van der Waals surface area contributed by atoms with Crippen molar-refractivity contribution in [2.24, 2.45) is 22.7 Å². The molecule has 2 N–H and O–H groups in total. The maximum absolute atomic E-state index is 13.3. The Morgan fingerprint density at radius 2 is 2.13 bits per heavy atom. The van der Waals surface area contributed by atoms with E-state index in [1.807, 2.05) is 0 Å². The first-order valence-electron chi connectivity index (χ1n) is 10.6. The molecule has 4 fully saturated rings. The Balaban J connectivity index is 1.63. The summed E-state index contributed by atoms with van der Waals surface area (Å²) < 4.78 is 22.6. The van der Waals surface area contributed by atoms with Gasteiger partial charge in [0.1, 0.15) is 17.8 Å². The highest BCUT2D eigenvalue weighted by Gasteiger charge is 2.79. The van der Waals surface area contributed by atoms with Crippen LogP contribution in [0.5, 0.6) is 0 Å². The van der Waals surface area contributed by atoms with Gasteiger partial charge >= 0.3 is 5.97 Å². The minimum atomic E-state index is -1.22. The van der Waals surface area contributed by atoms with Crippen molar-refractivity contribution in [1.29, 1.82) is 0 Å². The van der Waals surface area contributed by atoms with Crippen LogP contribution in [0.1, 0.15) is 51.2 Å². The van der Waals surface area contributed by atoms with Crippen molar-refractivity contribution in [3.63, 3.8) is 0 Å². The van der Waals surface area contributed by atoms with Gasteiger partial charge in [0.15, 0.2) is 12.1 Å². The number of carbonyl (C=O) groups is 2. The topological polar surface area (TPSA) is 119 Å². The summed E-state index contributed by atoms with van der Waals surface area (Å²) in [5, 5.41) is 22.4. The lowest BCUT2D eigenvalue weighted by Crippen LogP contribution is -2.75. The lowest BCUT2D eigenvalue weighted by Gasteiger charge is -2.66. The number of epoxide rings is 1. The van der Waals surface area contributed by atoms with Gasteiger partial charge in [-0.1, -0.05) is 13.3 Å². The fourth-order valence-corrected chi connectivity index (χ4v) is 6.84. The molecule has 2 saturated carbocycles. The van der Waals surface area contributed by atoms with E-state index in [0.29, 0.717) is 12.2 Å². The molecule has 1 aromatic rings. The largest absolute Gasteiger partial charge is 0.472 e. The molecule has 2 aliphatic heterocycles. The van der Waals surface area contributed by atoms with Crippen molar-refractivity contribution in [3.8, 4) is 0 Å². The van der Waals surface area contributed by atoms with Crippen LogP contribution in [0.3, 0.4) is 0 Å². The van der Waals surface area contributed by atoms with E-state index in [9.17, 15) is 19.8 Å². The maximum Gasteiger partial charge on any atom is 0.303 e. The van der Waals surface area contributed by atoms with Crippen LogP contribution in [0, 0.1) is 22.7 Å². The molecule has 1 spiro atoms. The Bertz CT molecular complexity index is 845. The minimum Gasteiger partial charge on any atom is -0.472 e. The third kappa shape index (κ3) is 2.42. The van der Waals surface area contributed by atoms with Gasteiger partial charge in [0, 0.05) is 30.2 Å². The van der Waals surface area contributed by atoms with E-state index in [2.05, 4.69) is 0 Å². The van der Waals surface area contributed by atoms with Crippen LogP contribution in [0.15, 0.2) is 23.0 Å². The molecule has 3 heterocycles. The highest BCUT2D eigenvalue weighted by atomic mass is 16.6. The van der Waals surface area contributed by atoms with E-state index in [0.717, 1.165) is 19.3 Å². The molecule has 0 aromatic carbocycles. The van der Waals surface area contributed by atoms with Crippen LogP contribution in [-0.4, -0.2) is 53.2 Å². The number of rotatable bonds is 4. The van der Waals surface area contributed by atoms with Crippen molar-refractivity contribution in [1.82, 2.24) is 0 Å². The predicted molar refractivity (Wildman–Crippen MR) is 101 cm³/mol. The van der Waals surface area contributed by atoms with Crippen LogP contribution in [0.2, 0.25) is 0 Å². The highest BCUT2D eigenvalue weighted by Crippen LogP contribution is 2.71. The number of carbonyl (C=O) groups excluding carboxylic acids is 2. The van der Waals surface area contributed by atoms with Crippen LogP contribution < -0.4 is 0 Å².